The van der Waals surface area contributed by atoms with E-state index < -0.39 is 47.0 Å². The Hall–Kier alpha value is -3.83. The molecule has 43 heavy (non-hydrogen) atoms. The van der Waals surface area contributed by atoms with Crippen molar-refractivity contribution in [3.8, 4) is 22.6 Å². The zero-order valence-electron chi connectivity index (χ0n) is 23.6. The van der Waals surface area contributed by atoms with Gasteiger partial charge in [0.25, 0.3) is 5.56 Å². The molecule has 0 saturated carbocycles. The van der Waals surface area contributed by atoms with Crippen molar-refractivity contribution in [3.05, 3.63) is 110 Å². The largest absolute Gasteiger partial charge is 0.497 e. The highest BCUT2D eigenvalue weighted by Crippen LogP contribution is 2.42. The number of halogens is 5. The van der Waals surface area contributed by atoms with Gasteiger partial charge < -0.3 is 14.8 Å². The van der Waals surface area contributed by atoms with Crippen molar-refractivity contribution in [2.75, 3.05) is 26.5 Å². The third-order valence-corrected chi connectivity index (χ3v) is 8.86. The number of alkyl halides is 3. The quantitative estimate of drug-likeness (QED) is 0.202. The van der Waals surface area contributed by atoms with Crippen LogP contribution in [0.5, 0.6) is 11.5 Å². The standard InChI is InChI=1S/C32H29F5N2O3S/c1-18-23(14-24-25(32(35,36)37)10-6-11-26(24)33)31-39(30(40)28(18)22-9-5-12-27(42-3)29(22)34)20(17-43-31)16-38-15-19-7-4-8-21(13-19)41-2/h4-13,20,38H,14-17H2,1-3H3. The van der Waals surface area contributed by atoms with Gasteiger partial charge in [-0.3, -0.25) is 9.36 Å². The van der Waals surface area contributed by atoms with Crippen LogP contribution in [0.1, 0.15) is 33.9 Å². The average Bonchev–Trinajstić information content (AvgIpc) is 3.40. The Balaban J connectivity index is 1.62. The Morgan fingerprint density at radius 2 is 1.74 bits per heavy atom. The maximum atomic E-state index is 15.6. The lowest BCUT2D eigenvalue weighted by atomic mass is 9.92. The van der Waals surface area contributed by atoms with E-state index in [0.717, 1.165) is 23.8 Å². The lowest BCUT2D eigenvalue weighted by molar-refractivity contribution is -0.138. The fourth-order valence-corrected chi connectivity index (χ4v) is 6.84. The summed E-state index contributed by atoms with van der Waals surface area (Å²) in [6.45, 7) is 2.39. The summed E-state index contributed by atoms with van der Waals surface area (Å²) in [5.74, 6) is -0.707. The van der Waals surface area contributed by atoms with Crippen molar-refractivity contribution < 1.29 is 31.4 Å². The van der Waals surface area contributed by atoms with Crippen LogP contribution in [0.15, 0.2) is 70.5 Å². The first-order valence-corrected chi connectivity index (χ1v) is 14.5. The minimum atomic E-state index is -4.79. The van der Waals surface area contributed by atoms with E-state index in [1.807, 2.05) is 24.3 Å². The highest BCUT2D eigenvalue weighted by atomic mass is 32.2. The number of rotatable bonds is 9. The molecule has 2 heterocycles. The maximum Gasteiger partial charge on any atom is 0.416 e. The normalized spacial score (nSPS) is 14.6. The molecule has 1 aromatic heterocycles. The second kappa shape index (κ2) is 12.4. The van der Waals surface area contributed by atoms with Crippen LogP contribution < -0.4 is 20.3 Å². The molecule has 0 bridgehead atoms. The first-order chi connectivity index (χ1) is 20.5. The summed E-state index contributed by atoms with van der Waals surface area (Å²) in [6.07, 6.45) is -5.22. The lowest BCUT2D eigenvalue weighted by Crippen LogP contribution is -2.33. The van der Waals surface area contributed by atoms with Gasteiger partial charge in [0.15, 0.2) is 11.6 Å². The van der Waals surface area contributed by atoms with Crippen molar-refractivity contribution in [2.45, 2.75) is 37.1 Å². The molecule has 5 rings (SSSR count). The Morgan fingerprint density at radius 3 is 2.47 bits per heavy atom. The first-order valence-electron chi connectivity index (χ1n) is 13.5. The van der Waals surface area contributed by atoms with Crippen LogP contribution in [-0.4, -0.2) is 31.1 Å². The summed E-state index contributed by atoms with van der Waals surface area (Å²) in [5.41, 5.74) is -0.553. The second-order valence-corrected chi connectivity index (χ2v) is 11.2. The van der Waals surface area contributed by atoms with Crippen molar-refractivity contribution in [3.63, 3.8) is 0 Å². The number of hydrogen-bond acceptors (Lipinski definition) is 5. The molecule has 0 radical (unpaired) electrons. The van der Waals surface area contributed by atoms with E-state index in [1.54, 1.807) is 14.0 Å². The van der Waals surface area contributed by atoms with E-state index in [-0.39, 0.29) is 22.4 Å². The van der Waals surface area contributed by atoms with E-state index in [2.05, 4.69) is 5.32 Å². The molecule has 0 aliphatic carbocycles. The van der Waals surface area contributed by atoms with Crippen LogP contribution in [0.3, 0.4) is 0 Å². The zero-order valence-corrected chi connectivity index (χ0v) is 24.5. The van der Waals surface area contributed by atoms with Crippen LogP contribution >= 0.6 is 11.8 Å². The van der Waals surface area contributed by atoms with E-state index in [9.17, 15) is 18.0 Å². The van der Waals surface area contributed by atoms with Crippen molar-refractivity contribution in [2.24, 2.45) is 0 Å². The molecule has 3 aromatic carbocycles. The summed E-state index contributed by atoms with van der Waals surface area (Å²) in [7, 11) is 2.88. The number of nitrogens with zero attached hydrogens (tertiary/aromatic N) is 1. The molecule has 11 heteroatoms. The Labute approximate surface area is 249 Å². The molecule has 1 aliphatic heterocycles. The van der Waals surface area contributed by atoms with Crippen molar-refractivity contribution in [1.82, 2.24) is 9.88 Å². The number of ether oxygens (including phenoxy) is 2. The van der Waals surface area contributed by atoms with Crippen molar-refractivity contribution in [1.29, 1.82) is 0 Å². The molecule has 0 saturated heterocycles. The number of benzene rings is 3. The van der Waals surface area contributed by atoms with E-state index in [0.29, 0.717) is 35.2 Å². The predicted octanol–water partition coefficient (Wildman–Crippen LogP) is 7.17. The van der Waals surface area contributed by atoms with Crippen molar-refractivity contribution >= 4 is 11.8 Å². The third kappa shape index (κ3) is 6.01. The van der Waals surface area contributed by atoms with E-state index in [4.69, 9.17) is 9.47 Å². The fourth-order valence-electron chi connectivity index (χ4n) is 5.45. The zero-order chi connectivity index (χ0) is 30.9. The number of fused-ring (bicyclic) bond motifs is 1. The molecule has 0 amide bonds. The summed E-state index contributed by atoms with van der Waals surface area (Å²) >= 11 is 1.32. The molecule has 0 fully saturated rings. The van der Waals surface area contributed by atoms with Gasteiger partial charge in [-0.05, 0) is 53.9 Å². The first kappa shape index (κ1) is 30.6. The SMILES string of the molecule is COc1cccc(CNCC2CSc3c(Cc4c(F)cccc4C(F)(F)F)c(C)c(-c4cccc(OC)c4F)c(=O)n32)c1. The van der Waals surface area contributed by atoms with E-state index in [1.165, 1.54) is 41.6 Å². The maximum absolute atomic E-state index is 15.6. The van der Waals surface area contributed by atoms with Gasteiger partial charge in [-0.15, -0.1) is 11.8 Å². The molecular weight excluding hydrogens is 587 g/mol. The van der Waals surface area contributed by atoms with Crippen LogP contribution in [0.2, 0.25) is 0 Å². The highest BCUT2D eigenvalue weighted by Gasteiger charge is 2.36. The molecule has 1 unspecified atom stereocenters. The molecule has 1 aliphatic rings. The van der Waals surface area contributed by atoms with Crippen LogP contribution in [0.25, 0.3) is 11.1 Å². The number of methoxy groups -OCH3 is 2. The lowest BCUT2D eigenvalue weighted by Gasteiger charge is -2.22. The van der Waals surface area contributed by atoms with Crippen LogP contribution in [0.4, 0.5) is 22.0 Å². The van der Waals surface area contributed by atoms with Gasteiger partial charge in [0.1, 0.15) is 11.6 Å². The minimum absolute atomic E-state index is 0.000318. The molecule has 1 atom stereocenters. The number of pyridine rings is 1. The second-order valence-electron chi connectivity index (χ2n) is 10.2. The summed E-state index contributed by atoms with van der Waals surface area (Å²) in [5, 5.41) is 3.79. The van der Waals surface area contributed by atoms with Crippen LogP contribution in [-0.2, 0) is 19.1 Å². The van der Waals surface area contributed by atoms with Gasteiger partial charge in [-0.2, -0.15) is 13.2 Å². The monoisotopic (exact) mass is 616 g/mol. The van der Waals surface area contributed by atoms with Gasteiger partial charge in [0, 0.05) is 36.4 Å². The predicted molar refractivity (Wildman–Crippen MR) is 156 cm³/mol. The molecule has 5 nitrogen and oxygen atoms in total. The van der Waals surface area contributed by atoms with Gasteiger partial charge in [-0.1, -0.05) is 30.3 Å². The number of aromatic nitrogens is 1. The summed E-state index contributed by atoms with van der Waals surface area (Å²) in [4.78, 5) is 14.1. The van der Waals surface area contributed by atoms with Gasteiger partial charge in [0.2, 0.25) is 0 Å². The average molecular weight is 617 g/mol. The number of thioether (sulfide) groups is 1. The van der Waals surface area contributed by atoms with E-state index >= 15 is 8.78 Å². The Morgan fingerprint density at radius 1 is 1.00 bits per heavy atom. The molecule has 226 valence electrons. The smallest absolute Gasteiger partial charge is 0.416 e. The van der Waals surface area contributed by atoms with Crippen LogP contribution in [0, 0.1) is 18.6 Å². The Kier molecular flexibility index (Phi) is 8.84. The van der Waals surface area contributed by atoms with Gasteiger partial charge in [-0.25, -0.2) is 8.78 Å². The summed E-state index contributed by atoms with van der Waals surface area (Å²) in [6, 6.07) is 14.3. The third-order valence-electron chi connectivity index (χ3n) is 7.59. The molecule has 0 spiro atoms. The number of nitrogens with one attached hydrogen (secondary N) is 1. The topological polar surface area (TPSA) is 52.5 Å². The molecule has 1 N–H and O–H groups in total. The fraction of sp³-hybridized carbons (Fsp3) is 0.281. The minimum Gasteiger partial charge on any atom is -0.497 e. The Bertz CT molecular complexity index is 1720. The highest BCUT2D eigenvalue weighted by molar-refractivity contribution is 7.99. The molecular formula is C32H29F5N2O3S. The summed E-state index contributed by atoms with van der Waals surface area (Å²) < 4.78 is 84.3. The van der Waals surface area contributed by atoms with Gasteiger partial charge >= 0.3 is 6.18 Å². The van der Waals surface area contributed by atoms with Gasteiger partial charge in [0.05, 0.1) is 36.4 Å². The molecule has 4 aromatic rings. The number of hydrogen-bond donors (Lipinski definition) is 1.